The zero-order valence-electron chi connectivity index (χ0n) is 48.5. The molecule has 1 unspecified atom stereocenters. The van der Waals surface area contributed by atoms with Crippen LogP contribution in [0.25, 0.3) is 53.9 Å². The number of fused-ring (bicyclic) bond motifs is 5. The molecular weight excluding hydrogens is 1180 g/mol. The van der Waals surface area contributed by atoms with Gasteiger partial charge in [0.25, 0.3) is 10.1 Å². The Hall–Kier alpha value is -9.44. The first-order chi connectivity index (χ1) is 41.4. The summed E-state index contributed by atoms with van der Waals surface area (Å²) >= 11 is 0. The number of alkyl halides is 3. The van der Waals surface area contributed by atoms with E-state index in [0.717, 1.165) is 68.1 Å². The van der Waals surface area contributed by atoms with Gasteiger partial charge in [-0.3, -0.25) is 4.55 Å². The molecule has 0 spiro atoms. The third kappa shape index (κ3) is 17.0. The number of rotatable bonds is 17. The summed E-state index contributed by atoms with van der Waals surface area (Å²) in [4.78, 5) is 44.8. The Kier molecular flexibility index (Phi) is 22.2. The van der Waals surface area contributed by atoms with Gasteiger partial charge in [0.1, 0.15) is 41.0 Å². The predicted octanol–water partition coefficient (Wildman–Crippen LogP) is 13.7. The highest BCUT2D eigenvalue weighted by molar-refractivity contribution is 8.02. The largest absolute Gasteiger partial charge is 0.481 e. The van der Waals surface area contributed by atoms with Gasteiger partial charge in [-0.15, -0.1) is 0 Å². The molecule has 0 bridgehead atoms. The van der Waals surface area contributed by atoms with E-state index in [0.29, 0.717) is 43.4 Å². The van der Waals surface area contributed by atoms with Crippen LogP contribution >= 0.6 is 0 Å². The van der Waals surface area contributed by atoms with Crippen LogP contribution in [0.5, 0.6) is 0 Å². The number of aliphatic hydroxyl groups is 2. The number of esters is 4. The minimum atomic E-state index is -4.98. The average molecular weight is 1240 g/mol. The molecule has 88 heavy (non-hydrogen) atoms. The van der Waals surface area contributed by atoms with Crippen LogP contribution in [0, 0.1) is 0 Å². The molecule has 0 aliphatic carbocycles. The molecule has 4 N–H and O–H groups in total. The number of ether oxygens (including phenoxy) is 4. The number of anilines is 1. The summed E-state index contributed by atoms with van der Waals surface area (Å²) < 4.78 is 106. The Bertz CT molecular complexity index is 4200. The number of halogens is 3. The molecular formula is C68H64F3NO14S2. The maximum Gasteiger partial charge on any atom is 0.481 e. The van der Waals surface area contributed by atoms with Crippen LogP contribution in [-0.2, 0) is 95.6 Å². The average Bonchev–Trinajstić information content (AvgIpc) is 1.20. The molecule has 0 saturated heterocycles. The Labute approximate surface area is 507 Å². The van der Waals surface area contributed by atoms with Crippen molar-refractivity contribution in [2.45, 2.75) is 75.7 Å². The standard InChI is InChI=1S/C18H14O5S.2C17H18O3.C16H14F3NO3S/c1-2-17(19)23-11-16-12-7-3-5-9-14(12)18(24(20,21)22)15-10-6-4-8-13(15)16;2*1-4-16(18)20-11-12-9-10-15(17(2,3)19)14-8-6-5-7-13(12)14;1-3-15(21)23-10-11-8-9-14(13-7-5-4-6-12(11)13)20-24(2,22)16(17,18)19/h2-10H,1,11H2,(H,20,21,22);2*4-10,19H,1,11H2,2-3H3;3-9H,1-2,10H2,(H,20,22). The van der Waals surface area contributed by atoms with Crippen molar-refractivity contribution in [2.24, 2.45) is 0 Å². The van der Waals surface area contributed by atoms with Gasteiger partial charge in [0.2, 0.25) is 0 Å². The van der Waals surface area contributed by atoms with E-state index in [1.807, 2.05) is 77.5 Å². The molecule has 0 aliphatic heterocycles. The molecule has 0 heterocycles. The number of hydrogen-bond donors (Lipinski definition) is 4. The van der Waals surface area contributed by atoms with E-state index >= 15 is 0 Å². The second-order valence-corrected chi connectivity index (χ2v) is 23.8. The molecule has 458 valence electrons. The van der Waals surface area contributed by atoms with Crippen LogP contribution in [-0.4, -0.2) is 62.6 Å². The van der Waals surface area contributed by atoms with Gasteiger partial charge in [-0.1, -0.05) is 178 Å². The van der Waals surface area contributed by atoms with Crippen molar-refractivity contribution < 1.29 is 78.7 Å². The highest BCUT2D eigenvalue weighted by atomic mass is 32.2. The molecule has 0 aromatic heterocycles. The number of hydrogen-bond acceptors (Lipinski definition) is 13. The highest BCUT2D eigenvalue weighted by Gasteiger charge is 2.40. The van der Waals surface area contributed by atoms with Gasteiger partial charge in [0.15, 0.2) is 0 Å². The van der Waals surface area contributed by atoms with E-state index in [4.69, 9.17) is 18.9 Å². The Morgan fingerprint density at radius 1 is 0.443 bits per heavy atom. The molecule has 9 aromatic rings. The van der Waals surface area contributed by atoms with E-state index < -0.39 is 60.4 Å². The van der Waals surface area contributed by atoms with Gasteiger partial charge in [0.05, 0.1) is 16.9 Å². The Morgan fingerprint density at radius 3 is 1.05 bits per heavy atom. The Morgan fingerprint density at radius 2 is 0.727 bits per heavy atom. The maximum absolute atomic E-state index is 12.8. The van der Waals surface area contributed by atoms with Gasteiger partial charge in [-0.05, 0) is 105 Å². The van der Waals surface area contributed by atoms with E-state index in [-0.39, 0.29) is 37.0 Å². The summed E-state index contributed by atoms with van der Waals surface area (Å²) in [5.41, 5.74) is -2.01. The van der Waals surface area contributed by atoms with Crippen LogP contribution < -0.4 is 4.72 Å². The van der Waals surface area contributed by atoms with Crippen LogP contribution in [0.1, 0.15) is 61.1 Å². The molecule has 1 atom stereocenters. The zero-order valence-corrected chi connectivity index (χ0v) is 50.1. The fourth-order valence-corrected chi connectivity index (χ4v) is 10.9. The van der Waals surface area contributed by atoms with Crippen molar-refractivity contribution in [3.8, 4) is 0 Å². The second-order valence-electron chi connectivity index (χ2n) is 20.4. The third-order valence-corrected chi connectivity index (χ3v) is 15.7. The molecule has 0 aliphatic rings. The monoisotopic (exact) mass is 1240 g/mol. The highest BCUT2D eigenvalue weighted by Crippen LogP contribution is 2.37. The second kappa shape index (κ2) is 28.8. The molecule has 0 saturated carbocycles. The van der Waals surface area contributed by atoms with Crippen LogP contribution in [0.3, 0.4) is 0 Å². The number of carbonyl (C=O) groups excluding carboxylic acids is 4. The molecule has 15 nitrogen and oxygen atoms in total. The van der Waals surface area contributed by atoms with Crippen LogP contribution in [0.2, 0.25) is 0 Å². The van der Waals surface area contributed by atoms with Crippen molar-refractivity contribution in [1.82, 2.24) is 0 Å². The van der Waals surface area contributed by atoms with Crippen molar-refractivity contribution in [3.05, 3.63) is 242 Å². The lowest BCUT2D eigenvalue weighted by molar-refractivity contribution is -0.139. The van der Waals surface area contributed by atoms with E-state index in [9.17, 15) is 59.7 Å². The quantitative estimate of drug-likeness (QED) is 0.0166. The minimum absolute atomic E-state index is 0.0294. The predicted molar refractivity (Wildman–Crippen MR) is 339 cm³/mol. The van der Waals surface area contributed by atoms with Crippen molar-refractivity contribution in [3.63, 3.8) is 0 Å². The lowest BCUT2D eigenvalue weighted by Crippen LogP contribution is -2.29. The summed E-state index contributed by atoms with van der Waals surface area (Å²) in [6.07, 6.45) is 4.37. The fraction of sp³-hybridized carbons (Fsp3) is 0.162. The summed E-state index contributed by atoms with van der Waals surface area (Å²) in [6, 6.07) is 46.0. The van der Waals surface area contributed by atoms with E-state index in [1.54, 1.807) is 100 Å². The first kappa shape index (κ1) is 67.7. The minimum Gasteiger partial charge on any atom is -0.458 e. The fourth-order valence-electron chi connectivity index (χ4n) is 9.29. The first-order valence-corrected chi connectivity index (χ1v) is 29.9. The third-order valence-electron chi connectivity index (χ3n) is 13.4. The van der Waals surface area contributed by atoms with Gasteiger partial charge >= 0.3 is 29.4 Å². The molecule has 9 aromatic carbocycles. The number of carbonyl (C=O) groups is 4. The summed E-state index contributed by atoms with van der Waals surface area (Å²) in [7, 11) is -8.97. The van der Waals surface area contributed by atoms with E-state index in [1.165, 1.54) is 12.1 Å². The van der Waals surface area contributed by atoms with Gasteiger partial charge < -0.3 is 33.9 Å². The van der Waals surface area contributed by atoms with Crippen molar-refractivity contribution >= 4 is 109 Å². The Balaban J connectivity index is 0.000000188. The molecule has 9 rings (SSSR count). The molecule has 0 radical (unpaired) electrons. The van der Waals surface area contributed by atoms with Gasteiger partial charge in [0, 0.05) is 46.0 Å². The zero-order chi connectivity index (χ0) is 64.8. The first-order valence-electron chi connectivity index (χ1n) is 26.7. The summed E-state index contributed by atoms with van der Waals surface area (Å²) in [6.45, 7) is 20.7. The maximum atomic E-state index is 12.8. The molecule has 20 heteroatoms. The number of nitrogens with one attached hydrogen (secondary N) is 1. The molecule has 0 amide bonds. The lowest BCUT2D eigenvalue weighted by atomic mass is 9.90. The topological polar surface area (TPSA) is 229 Å². The lowest BCUT2D eigenvalue weighted by Gasteiger charge is -2.21. The van der Waals surface area contributed by atoms with Crippen molar-refractivity contribution in [2.75, 3.05) is 4.72 Å². The number of benzene rings is 9. The normalized spacial score (nSPS) is 12.1. The summed E-state index contributed by atoms with van der Waals surface area (Å²) in [5.74, 6) is 0.680. The van der Waals surface area contributed by atoms with Gasteiger partial charge in [-0.25, -0.2) is 23.4 Å². The van der Waals surface area contributed by atoms with Gasteiger partial charge in [-0.2, -0.15) is 21.6 Å². The van der Waals surface area contributed by atoms with E-state index in [2.05, 4.69) is 32.2 Å². The smallest absolute Gasteiger partial charge is 0.458 e. The van der Waals surface area contributed by atoms with Crippen LogP contribution in [0.15, 0.2) is 213 Å². The van der Waals surface area contributed by atoms with Crippen LogP contribution in [0.4, 0.5) is 18.9 Å². The van der Waals surface area contributed by atoms with Crippen molar-refractivity contribution in [1.29, 1.82) is 0 Å². The summed E-state index contributed by atoms with van der Waals surface area (Å²) in [5, 5.41) is 27.3. The SMILES string of the molecule is C=CC(=O)OCc1c2ccccc2c(S(=O)(=O)O)c2ccccc12.C=CC(=O)OCc1ccc(C(C)(C)O)c2ccccc12.C=CC(=O)OCc1ccc(C(C)(C)O)c2ccccc12.C=CC(=O)OCc1ccc(NS(=C)(=O)C(F)(F)F)c2ccccc12. The molecule has 0 fully saturated rings.